The van der Waals surface area contributed by atoms with Gasteiger partial charge in [0.1, 0.15) is 4.90 Å². The molecule has 2 heterocycles. The fraction of sp³-hybridized carbons (Fsp3) is 0.636. The van der Waals surface area contributed by atoms with Crippen molar-refractivity contribution in [1.29, 1.82) is 0 Å². The standard InChI is InChI=1S/C11H18N4O3S/c1-18-8-9-2-4-15(5-3-9)19(16,17)10-6-13-11(12)14-7-10/h6-7,9H,2-5,8H2,1H3,(H2,12,13,14). The maximum Gasteiger partial charge on any atom is 0.246 e. The van der Waals surface area contributed by atoms with E-state index >= 15 is 0 Å². The molecule has 0 radical (unpaired) electrons. The average molecular weight is 286 g/mol. The molecule has 0 aromatic carbocycles. The van der Waals surface area contributed by atoms with Crippen molar-refractivity contribution in [3.05, 3.63) is 12.4 Å². The Balaban J connectivity index is 2.07. The summed E-state index contributed by atoms with van der Waals surface area (Å²) in [6, 6.07) is 0. The highest BCUT2D eigenvalue weighted by molar-refractivity contribution is 7.89. The van der Waals surface area contributed by atoms with Crippen LogP contribution in [0.25, 0.3) is 0 Å². The van der Waals surface area contributed by atoms with Crippen LogP contribution in [0.1, 0.15) is 12.8 Å². The van der Waals surface area contributed by atoms with Gasteiger partial charge in [-0.25, -0.2) is 18.4 Å². The largest absolute Gasteiger partial charge is 0.384 e. The first-order valence-electron chi connectivity index (χ1n) is 6.10. The molecule has 1 fully saturated rings. The van der Waals surface area contributed by atoms with E-state index in [1.54, 1.807) is 7.11 Å². The normalized spacial score (nSPS) is 18.6. The number of nitrogens with zero attached hydrogens (tertiary/aromatic N) is 3. The molecular weight excluding hydrogens is 268 g/mol. The first kappa shape index (κ1) is 14.2. The second-order valence-electron chi connectivity index (χ2n) is 4.58. The molecule has 0 spiro atoms. The summed E-state index contributed by atoms with van der Waals surface area (Å²) >= 11 is 0. The quantitative estimate of drug-likeness (QED) is 0.843. The zero-order chi connectivity index (χ0) is 13.9. The summed E-state index contributed by atoms with van der Waals surface area (Å²) in [5, 5.41) is 0. The molecule has 2 N–H and O–H groups in total. The number of rotatable bonds is 4. The lowest BCUT2D eigenvalue weighted by molar-refractivity contribution is 0.121. The molecule has 1 aromatic heterocycles. The zero-order valence-corrected chi connectivity index (χ0v) is 11.6. The maximum absolute atomic E-state index is 12.3. The molecule has 2 rings (SSSR count). The van der Waals surface area contributed by atoms with Gasteiger partial charge in [0.25, 0.3) is 0 Å². The molecule has 0 bridgehead atoms. The van der Waals surface area contributed by atoms with Crippen LogP contribution in [0.3, 0.4) is 0 Å². The van der Waals surface area contributed by atoms with Gasteiger partial charge in [-0.15, -0.1) is 0 Å². The first-order chi connectivity index (χ1) is 9.04. The van der Waals surface area contributed by atoms with Gasteiger partial charge in [0.15, 0.2) is 0 Å². The van der Waals surface area contributed by atoms with Gasteiger partial charge in [0.2, 0.25) is 16.0 Å². The Morgan fingerprint density at radius 1 is 1.37 bits per heavy atom. The smallest absolute Gasteiger partial charge is 0.246 e. The number of hydrogen-bond donors (Lipinski definition) is 1. The lowest BCUT2D eigenvalue weighted by Gasteiger charge is -2.30. The third-order valence-electron chi connectivity index (χ3n) is 3.26. The first-order valence-corrected chi connectivity index (χ1v) is 7.54. The summed E-state index contributed by atoms with van der Waals surface area (Å²) in [7, 11) is -1.84. The predicted molar refractivity (Wildman–Crippen MR) is 69.8 cm³/mol. The fourth-order valence-electron chi connectivity index (χ4n) is 2.16. The molecule has 7 nitrogen and oxygen atoms in total. The number of sulfonamides is 1. The van der Waals surface area contributed by atoms with Crippen LogP contribution in [-0.2, 0) is 14.8 Å². The molecule has 1 aliphatic rings. The van der Waals surface area contributed by atoms with Crippen LogP contribution in [0.5, 0.6) is 0 Å². The second kappa shape index (κ2) is 5.81. The van der Waals surface area contributed by atoms with E-state index in [1.165, 1.54) is 16.7 Å². The number of methoxy groups -OCH3 is 1. The summed E-state index contributed by atoms with van der Waals surface area (Å²) in [6.45, 7) is 1.68. The Kier molecular flexibility index (Phi) is 4.33. The highest BCUT2D eigenvalue weighted by atomic mass is 32.2. The minimum Gasteiger partial charge on any atom is -0.384 e. The van der Waals surface area contributed by atoms with Crippen LogP contribution in [0.15, 0.2) is 17.3 Å². The monoisotopic (exact) mass is 286 g/mol. The molecule has 0 aliphatic carbocycles. The molecule has 1 saturated heterocycles. The summed E-state index contributed by atoms with van der Waals surface area (Å²) in [4.78, 5) is 7.54. The number of ether oxygens (including phenoxy) is 1. The second-order valence-corrected chi connectivity index (χ2v) is 6.52. The van der Waals surface area contributed by atoms with E-state index in [9.17, 15) is 8.42 Å². The van der Waals surface area contributed by atoms with E-state index < -0.39 is 10.0 Å². The zero-order valence-electron chi connectivity index (χ0n) is 10.8. The third-order valence-corrected chi connectivity index (χ3v) is 5.11. The highest BCUT2D eigenvalue weighted by Crippen LogP contribution is 2.23. The van der Waals surface area contributed by atoms with Gasteiger partial charge in [0.05, 0.1) is 12.4 Å². The minimum absolute atomic E-state index is 0.0674. The van der Waals surface area contributed by atoms with Crippen LogP contribution in [-0.4, -0.2) is 49.5 Å². The van der Waals surface area contributed by atoms with Gasteiger partial charge < -0.3 is 10.5 Å². The number of nitrogens with two attached hydrogens (primary N) is 1. The van der Waals surface area contributed by atoms with Crippen LogP contribution < -0.4 is 5.73 Å². The Hall–Kier alpha value is -1.25. The van der Waals surface area contributed by atoms with Crippen molar-refractivity contribution in [2.24, 2.45) is 5.92 Å². The molecule has 8 heteroatoms. The molecule has 0 amide bonds. The maximum atomic E-state index is 12.3. The lowest BCUT2D eigenvalue weighted by Crippen LogP contribution is -2.39. The molecule has 0 saturated carbocycles. The summed E-state index contributed by atoms with van der Waals surface area (Å²) in [5.74, 6) is 0.497. The van der Waals surface area contributed by atoms with E-state index in [1.807, 2.05) is 0 Å². The van der Waals surface area contributed by atoms with E-state index in [0.29, 0.717) is 25.6 Å². The summed E-state index contributed by atoms with van der Waals surface area (Å²) in [6.07, 6.45) is 4.11. The Morgan fingerprint density at radius 2 is 1.95 bits per heavy atom. The number of nitrogen functional groups attached to an aromatic ring is 1. The van der Waals surface area contributed by atoms with Crippen molar-refractivity contribution >= 4 is 16.0 Å². The molecule has 1 aliphatic heterocycles. The summed E-state index contributed by atoms with van der Waals surface area (Å²) in [5.41, 5.74) is 5.36. The molecule has 0 atom stereocenters. The van der Waals surface area contributed by atoms with Crippen molar-refractivity contribution in [1.82, 2.24) is 14.3 Å². The topological polar surface area (TPSA) is 98.4 Å². The van der Waals surface area contributed by atoms with E-state index in [-0.39, 0.29) is 10.8 Å². The van der Waals surface area contributed by atoms with Crippen molar-refractivity contribution in [2.45, 2.75) is 17.7 Å². The van der Waals surface area contributed by atoms with E-state index in [0.717, 1.165) is 12.8 Å². The highest BCUT2D eigenvalue weighted by Gasteiger charge is 2.29. The van der Waals surface area contributed by atoms with E-state index in [2.05, 4.69) is 9.97 Å². The van der Waals surface area contributed by atoms with Crippen LogP contribution in [0.4, 0.5) is 5.95 Å². The average Bonchev–Trinajstić information content (AvgIpc) is 2.40. The van der Waals surface area contributed by atoms with Crippen LogP contribution >= 0.6 is 0 Å². The molecule has 0 unspecified atom stereocenters. The van der Waals surface area contributed by atoms with Gasteiger partial charge in [0, 0.05) is 26.8 Å². The van der Waals surface area contributed by atoms with Crippen molar-refractivity contribution in [3.63, 3.8) is 0 Å². The summed E-state index contributed by atoms with van der Waals surface area (Å²) < 4.78 is 31.2. The Labute approximate surface area is 112 Å². The lowest BCUT2D eigenvalue weighted by atomic mass is 9.99. The molecule has 106 valence electrons. The molecule has 19 heavy (non-hydrogen) atoms. The number of hydrogen-bond acceptors (Lipinski definition) is 6. The number of anilines is 1. The van der Waals surface area contributed by atoms with Crippen molar-refractivity contribution in [3.8, 4) is 0 Å². The third kappa shape index (κ3) is 3.20. The number of piperidine rings is 1. The predicted octanol–water partition coefficient (Wildman–Crippen LogP) is 0.106. The van der Waals surface area contributed by atoms with Crippen LogP contribution in [0.2, 0.25) is 0 Å². The van der Waals surface area contributed by atoms with Crippen LogP contribution in [0, 0.1) is 5.92 Å². The van der Waals surface area contributed by atoms with Gasteiger partial charge in [-0.3, -0.25) is 0 Å². The van der Waals surface area contributed by atoms with Crippen molar-refractivity contribution in [2.75, 3.05) is 32.5 Å². The Bertz CT molecular complexity index is 509. The van der Waals surface area contributed by atoms with Crippen molar-refractivity contribution < 1.29 is 13.2 Å². The Morgan fingerprint density at radius 3 is 2.47 bits per heavy atom. The molecule has 1 aromatic rings. The minimum atomic E-state index is -3.51. The van der Waals surface area contributed by atoms with E-state index in [4.69, 9.17) is 10.5 Å². The van der Waals surface area contributed by atoms with Gasteiger partial charge >= 0.3 is 0 Å². The fourth-order valence-corrected chi connectivity index (χ4v) is 3.52. The van der Waals surface area contributed by atoms with Gasteiger partial charge in [-0.1, -0.05) is 0 Å². The number of aromatic nitrogens is 2. The van der Waals surface area contributed by atoms with Gasteiger partial charge in [-0.05, 0) is 18.8 Å². The van der Waals surface area contributed by atoms with Gasteiger partial charge in [-0.2, -0.15) is 4.31 Å². The molecular formula is C11H18N4O3S. The SMILES string of the molecule is COCC1CCN(S(=O)(=O)c2cnc(N)nc2)CC1.